The van der Waals surface area contributed by atoms with Crippen molar-refractivity contribution < 1.29 is 9.21 Å². The number of nitrogens with zero attached hydrogens (tertiary/aromatic N) is 4. The maximum Gasteiger partial charge on any atom is 0.283 e. The number of carbonyl (C=O) groups is 1. The zero-order chi connectivity index (χ0) is 21.5. The maximum atomic E-state index is 12.6. The second-order valence-corrected chi connectivity index (χ2v) is 8.20. The van der Waals surface area contributed by atoms with Crippen LogP contribution in [0.2, 0.25) is 5.02 Å². The third kappa shape index (κ3) is 3.60. The minimum absolute atomic E-state index is 0.0577. The molecule has 0 spiro atoms. The molecular formula is C22H14ClN5O2S. The van der Waals surface area contributed by atoms with Crippen molar-refractivity contribution in [1.29, 1.82) is 5.41 Å². The van der Waals surface area contributed by atoms with Crippen molar-refractivity contribution in [2.45, 2.75) is 6.92 Å². The van der Waals surface area contributed by atoms with Crippen LogP contribution in [-0.2, 0) is 4.79 Å². The fraction of sp³-hybridized carbons (Fsp3) is 0.0455. The van der Waals surface area contributed by atoms with E-state index in [0.29, 0.717) is 26.8 Å². The molecular weight excluding hydrogens is 434 g/mol. The Hall–Kier alpha value is -3.49. The van der Waals surface area contributed by atoms with Crippen molar-refractivity contribution in [1.82, 2.24) is 9.99 Å². The lowest BCUT2D eigenvalue weighted by Gasteiger charge is -2.19. The number of nitrogens with one attached hydrogen (secondary N) is 1. The van der Waals surface area contributed by atoms with Gasteiger partial charge in [0.25, 0.3) is 5.91 Å². The summed E-state index contributed by atoms with van der Waals surface area (Å²) < 4.78 is 5.87. The van der Waals surface area contributed by atoms with E-state index in [1.54, 1.807) is 30.6 Å². The highest BCUT2D eigenvalue weighted by Gasteiger charge is 2.36. The Bertz CT molecular complexity index is 1330. The van der Waals surface area contributed by atoms with Gasteiger partial charge in [0.1, 0.15) is 16.6 Å². The molecule has 0 fully saturated rings. The first-order valence-electron chi connectivity index (χ1n) is 9.26. The van der Waals surface area contributed by atoms with Crippen LogP contribution in [0.4, 0.5) is 0 Å². The van der Waals surface area contributed by atoms with Gasteiger partial charge in [-0.05, 0) is 60.7 Å². The molecule has 31 heavy (non-hydrogen) atoms. The topological polar surface area (TPSA) is 94.9 Å². The third-order valence-corrected chi connectivity index (χ3v) is 6.10. The van der Waals surface area contributed by atoms with Crippen LogP contribution in [0.1, 0.15) is 16.9 Å². The summed E-state index contributed by atoms with van der Waals surface area (Å²) in [7, 11) is 0. The normalized spacial score (nSPS) is 17.1. The fourth-order valence-corrected chi connectivity index (χ4v) is 4.13. The summed E-state index contributed by atoms with van der Waals surface area (Å²) in [6, 6.07) is 12.8. The van der Waals surface area contributed by atoms with Gasteiger partial charge in [-0.15, -0.1) is 0 Å². The minimum Gasteiger partial charge on any atom is -0.457 e. The molecule has 2 aliphatic heterocycles. The Morgan fingerprint density at radius 2 is 2.06 bits per heavy atom. The molecule has 1 N–H and O–H groups in total. The first-order valence-corrected chi connectivity index (χ1v) is 10.5. The van der Waals surface area contributed by atoms with Gasteiger partial charge in [-0.2, -0.15) is 15.1 Å². The number of aliphatic imine (C=N–C) groups is 1. The molecule has 5 rings (SSSR count). The highest BCUT2D eigenvalue weighted by Crippen LogP contribution is 2.32. The number of rotatable bonds is 3. The van der Waals surface area contributed by atoms with E-state index >= 15 is 0 Å². The van der Waals surface area contributed by atoms with Crippen molar-refractivity contribution in [2.75, 3.05) is 0 Å². The molecule has 0 bridgehead atoms. The highest BCUT2D eigenvalue weighted by atomic mass is 35.5. The molecule has 1 amide bonds. The predicted octanol–water partition coefficient (Wildman–Crippen LogP) is 4.97. The third-order valence-electron chi connectivity index (χ3n) is 4.73. The van der Waals surface area contributed by atoms with Gasteiger partial charge in [-0.3, -0.25) is 15.2 Å². The summed E-state index contributed by atoms with van der Waals surface area (Å²) in [5.41, 5.74) is 2.70. The molecule has 9 heteroatoms. The van der Waals surface area contributed by atoms with Crippen LogP contribution in [0.5, 0.6) is 0 Å². The van der Waals surface area contributed by atoms with Gasteiger partial charge < -0.3 is 4.42 Å². The Kier molecular flexibility index (Phi) is 4.80. The van der Waals surface area contributed by atoms with Crippen LogP contribution < -0.4 is 0 Å². The number of hydrogen-bond acceptors (Lipinski definition) is 6. The number of amidine groups is 2. The Morgan fingerprint density at radius 3 is 2.84 bits per heavy atom. The zero-order valence-corrected chi connectivity index (χ0v) is 17.7. The summed E-state index contributed by atoms with van der Waals surface area (Å²) in [4.78, 5) is 20.8. The largest absolute Gasteiger partial charge is 0.457 e. The summed E-state index contributed by atoms with van der Waals surface area (Å²) in [5, 5.41) is 15.9. The summed E-state index contributed by atoms with van der Waals surface area (Å²) in [6.07, 6.45) is 4.85. The molecule has 0 unspecified atom stereocenters. The molecule has 4 heterocycles. The predicted molar refractivity (Wildman–Crippen MR) is 122 cm³/mol. The number of aromatic nitrogens is 1. The lowest BCUT2D eigenvalue weighted by Crippen LogP contribution is -2.35. The number of halogens is 1. The maximum absolute atomic E-state index is 12.6. The molecule has 0 saturated carbocycles. The number of aryl methyl sites for hydroxylation is 1. The number of pyridine rings is 1. The number of amides is 1. The number of thioether (sulfide) groups is 1. The van der Waals surface area contributed by atoms with Crippen LogP contribution in [0.25, 0.3) is 17.4 Å². The van der Waals surface area contributed by atoms with E-state index in [4.69, 9.17) is 21.4 Å². The Morgan fingerprint density at radius 1 is 1.19 bits per heavy atom. The van der Waals surface area contributed by atoms with E-state index in [0.717, 1.165) is 16.7 Å². The molecule has 0 saturated heterocycles. The van der Waals surface area contributed by atoms with Crippen molar-refractivity contribution in [3.63, 3.8) is 0 Å². The highest BCUT2D eigenvalue weighted by molar-refractivity contribution is 8.27. The van der Waals surface area contributed by atoms with E-state index < -0.39 is 5.91 Å². The minimum atomic E-state index is -0.511. The fourth-order valence-electron chi connectivity index (χ4n) is 3.07. The van der Waals surface area contributed by atoms with Gasteiger partial charge in [0.2, 0.25) is 5.17 Å². The monoisotopic (exact) mass is 447 g/mol. The molecule has 2 aliphatic rings. The molecule has 7 nitrogen and oxygen atoms in total. The van der Waals surface area contributed by atoms with E-state index in [1.807, 2.05) is 31.2 Å². The summed E-state index contributed by atoms with van der Waals surface area (Å²) in [5.74, 6) is 0.475. The van der Waals surface area contributed by atoms with Gasteiger partial charge in [-0.1, -0.05) is 23.7 Å². The van der Waals surface area contributed by atoms with Crippen molar-refractivity contribution >= 4 is 51.4 Å². The van der Waals surface area contributed by atoms with Crippen LogP contribution in [0, 0.1) is 12.3 Å². The van der Waals surface area contributed by atoms with Gasteiger partial charge in [-0.25, -0.2) is 0 Å². The van der Waals surface area contributed by atoms with E-state index in [1.165, 1.54) is 22.8 Å². The lowest BCUT2D eigenvalue weighted by atomic mass is 10.1. The van der Waals surface area contributed by atoms with Crippen LogP contribution in [-0.4, -0.2) is 31.9 Å². The smallest absolute Gasteiger partial charge is 0.283 e. The first-order chi connectivity index (χ1) is 15.0. The van der Waals surface area contributed by atoms with Crippen molar-refractivity contribution in [2.24, 2.45) is 10.1 Å². The quantitative estimate of drug-likeness (QED) is 0.572. The van der Waals surface area contributed by atoms with Crippen molar-refractivity contribution in [3.8, 4) is 11.3 Å². The van der Waals surface area contributed by atoms with E-state index in [2.05, 4.69) is 15.1 Å². The van der Waals surface area contributed by atoms with Crippen LogP contribution >= 0.6 is 23.4 Å². The summed E-state index contributed by atoms with van der Waals surface area (Å²) >= 11 is 7.44. The molecule has 0 radical (unpaired) electrons. The lowest BCUT2D eigenvalue weighted by molar-refractivity contribution is -0.114. The average molecular weight is 448 g/mol. The SMILES string of the molecule is Cc1ccc(-c2ccc(C=C3C(=N)N4N=C(c5cccnc5)SC4=NC3=O)o2)cc1Cl. The Labute approximate surface area is 186 Å². The zero-order valence-electron chi connectivity index (χ0n) is 16.2. The molecule has 1 aromatic carbocycles. The van der Waals surface area contributed by atoms with Gasteiger partial charge in [0, 0.05) is 28.5 Å². The van der Waals surface area contributed by atoms with Gasteiger partial charge in [0.05, 0.1) is 5.57 Å². The summed E-state index contributed by atoms with van der Waals surface area (Å²) in [6.45, 7) is 1.93. The number of fused-ring (bicyclic) bond motifs is 1. The molecule has 0 atom stereocenters. The van der Waals surface area contributed by atoms with Gasteiger partial charge in [0.15, 0.2) is 5.84 Å². The van der Waals surface area contributed by atoms with Crippen LogP contribution in [0.3, 0.4) is 0 Å². The number of hydrogen-bond donors (Lipinski definition) is 1. The molecule has 3 aromatic rings. The van der Waals surface area contributed by atoms with Crippen LogP contribution in [0.15, 0.2) is 74.9 Å². The van der Waals surface area contributed by atoms with E-state index in [-0.39, 0.29) is 11.4 Å². The first kappa shape index (κ1) is 19.5. The van der Waals surface area contributed by atoms with Crippen molar-refractivity contribution in [3.05, 3.63) is 82.3 Å². The average Bonchev–Trinajstić information content (AvgIpc) is 3.41. The second kappa shape index (κ2) is 7.64. The molecule has 152 valence electrons. The number of benzene rings is 1. The Balaban J connectivity index is 1.45. The van der Waals surface area contributed by atoms with E-state index in [9.17, 15) is 4.79 Å². The second-order valence-electron chi connectivity index (χ2n) is 6.83. The molecule has 2 aromatic heterocycles. The van der Waals surface area contributed by atoms with Gasteiger partial charge >= 0.3 is 0 Å². The standard InChI is InChI=1S/C22H14ClN5O2S/c1-12-4-5-13(9-17(12)23)18-7-6-15(30-18)10-16-19(24)28-22(26-20(16)29)31-21(27-28)14-3-2-8-25-11-14/h2-11,24H,1H3. The molecule has 0 aliphatic carbocycles. The number of hydrazone groups is 1. The number of carbonyl (C=O) groups excluding carboxylic acids is 1. The number of furan rings is 1.